The zero-order valence-electron chi connectivity index (χ0n) is 11.5. The van der Waals surface area contributed by atoms with Gasteiger partial charge in [0.1, 0.15) is 5.75 Å². The van der Waals surface area contributed by atoms with Crippen LogP contribution < -0.4 is 20.5 Å². The van der Waals surface area contributed by atoms with Crippen molar-refractivity contribution in [2.75, 3.05) is 41.3 Å². The zero-order chi connectivity index (χ0) is 15.5. The van der Waals surface area contributed by atoms with Crippen molar-refractivity contribution in [3.63, 3.8) is 0 Å². The SMILES string of the molecule is CCOCCS(=O)(=O)Nc1cc2c(cc1N)OCC(=O)N2. The summed E-state index contributed by atoms with van der Waals surface area (Å²) in [7, 11) is -3.58. The van der Waals surface area contributed by atoms with Crippen molar-refractivity contribution < 1.29 is 22.7 Å². The van der Waals surface area contributed by atoms with Gasteiger partial charge in [0.25, 0.3) is 5.91 Å². The van der Waals surface area contributed by atoms with E-state index < -0.39 is 10.0 Å². The average molecular weight is 315 g/mol. The molecular formula is C12H17N3O5S. The third-order valence-corrected chi connectivity index (χ3v) is 3.99. The first-order valence-corrected chi connectivity index (χ1v) is 8.01. The molecule has 1 aromatic carbocycles. The second-order valence-corrected chi connectivity index (χ2v) is 6.23. The number of anilines is 3. The first-order chi connectivity index (χ1) is 9.91. The van der Waals surface area contributed by atoms with Crippen LogP contribution >= 0.6 is 0 Å². The van der Waals surface area contributed by atoms with Gasteiger partial charge in [-0.3, -0.25) is 9.52 Å². The van der Waals surface area contributed by atoms with E-state index in [4.69, 9.17) is 15.2 Å². The van der Waals surface area contributed by atoms with E-state index in [2.05, 4.69) is 10.0 Å². The Morgan fingerprint density at radius 3 is 2.95 bits per heavy atom. The molecule has 21 heavy (non-hydrogen) atoms. The van der Waals surface area contributed by atoms with Gasteiger partial charge in [0.15, 0.2) is 6.61 Å². The van der Waals surface area contributed by atoms with Crippen molar-refractivity contribution in [2.45, 2.75) is 6.92 Å². The molecule has 1 amide bonds. The summed E-state index contributed by atoms with van der Waals surface area (Å²) < 4.78 is 36.4. The molecule has 1 aliphatic heterocycles. The lowest BCUT2D eigenvalue weighted by atomic mass is 10.2. The van der Waals surface area contributed by atoms with Crippen molar-refractivity contribution in [1.29, 1.82) is 0 Å². The maximum atomic E-state index is 11.9. The van der Waals surface area contributed by atoms with E-state index in [9.17, 15) is 13.2 Å². The van der Waals surface area contributed by atoms with Crippen molar-refractivity contribution in [3.8, 4) is 5.75 Å². The number of carbonyl (C=O) groups excluding carboxylic acids is 1. The van der Waals surface area contributed by atoms with Gasteiger partial charge in [-0.25, -0.2) is 8.42 Å². The smallest absolute Gasteiger partial charge is 0.262 e. The second-order valence-electron chi connectivity index (χ2n) is 4.39. The Hall–Kier alpha value is -2.00. The van der Waals surface area contributed by atoms with Gasteiger partial charge in [-0.2, -0.15) is 0 Å². The van der Waals surface area contributed by atoms with Crippen LogP contribution in [-0.2, 0) is 19.6 Å². The summed E-state index contributed by atoms with van der Waals surface area (Å²) in [6.45, 7) is 2.23. The maximum absolute atomic E-state index is 11.9. The standard InChI is InChI=1S/C12H17N3O5S/c1-2-19-3-4-21(17,18)15-9-6-10-11(5-8(9)13)20-7-12(16)14-10/h5-6,15H,2-4,7,13H2,1H3,(H,14,16). The first kappa shape index (κ1) is 15.4. The van der Waals surface area contributed by atoms with E-state index in [1.165, 1.54) is 12.1 Å². The van der Waals surface area contributed by atoms with Crippen LogP contribution in [0.25, 0.3) is 0 Å². The molecule has 0 spiro atoms. The summed E-state index contributed by atoms with van der Waals surface area (Å²) in [5.41, 5.74) is 6.57. The number of amides is 1. The van der Waals surface area contributed by atoms with Crippen molar-refractivity contribution in [2.24, 2.45) is 0 Å². The molecule has 1 heterocycles. The third-order valence-electron chi connectivity index (χ3n) is 2.75. The van der Waals surface area contributed by atoms with E-state index in [1.807, 2.05) is 0 Å². The molecule has 0 fully saturated rings. The molecule has 1 aromatic rings. The van der Waals surface area contributed by atoms with E-state index in [-0.39, 0.29) is 36.2 Å². The van der Waals surface area contributed by atoms with Gasteiger partial charge in [-0.15, -0.1) is 0 Å². The zero-order valence-corrected chi connectivity index (χ0v) is 12.3. The number of sulfonamides is 1. The predicted octanol–water partition coefficient (Wildman–Crippen LogP) is 0.378. The summed E-state index contributed by atoms with van der Waals surface area (Å²) in [6.07, 6.45) is 0. The second kappa shape index (κ2) is 6.19. The molecule has 0 bridgehead atoms. The Morgan fingerprint density at radius 2 is 2.24 bits per heavy atom. The van der Waals surface area contributed by atoms with Gasteiger partial charge in [0, 0.05) is 12.7 Å². The normalized spacial score (nSPS) is 14.0. The Morgan fingerprint density at radius 1 is 1.48 bits per heavy atom. The highest BCUT2D eigenvalue weighted by Gasteiger charge is 2.20. The largest absolute Gasteiger partial charge is 0.482 e. The van der Waals surface area contributed by atoms with Crippen molar-refractivity contribution in [1.82, 2.24) is 0 Å². The van der Waals surface area contributed by atoms with Crippen molar-refractivity contribution >= 4 is 33.0 Å². The van der Waals surface area contributed by atoms with Crippen LogP contribution in [0.4, 0.5) is 17.1 Å². The fourth-order valence-electron chi connectivity index (χ4n) is 1.76. The van der Waals surface area contributed by atoms with Crippen molar-refractivity contribution in [3.05, 3.63) is 12.1 Å². The van der Waals surface area contributed by atoms with Crippen LogP contribution in [0.1, 0.15) is 6.92 Å². The number of nitrogens with two attached hydrogens (primary N) is 1. The Labute approximate surface area is 122 Å². The molecule has 9 heteroatoms. The lowest BCUT2D eigenvalue weighted by Gasteiger charge is -2.20. The minimum Gasteiger partial charge on any atom is -0.482 e. The number of nitrogen functional groups attached to an aromatic ring is 1. The van der Waals surface area contributed by atoms with Crippen LogP contribution in [0.15, 0.2) is 12.1 Å². The third kappa shape index (κ3) is 3.99. The molecule has 116 valence electrons. The topological polar surface area (TPSA) is 120 Å². The Bertz CT molecular complexity index is 645. The van der Waals surface area contributed by atoms with Crippen LogP contribution in [0.5, 0.6) is 5.75 Å². The highest BCUT2D eigenvalue weighted by atomic mass is 32.2. The molecule has 0 aromatic heterocycles. The highest BCUT2D eigenvalue weighted by Crippen LogP contribution is 2.35. The molecular weight excluding hydrogens is 298 g/mol. The fraction of sp³-hybridized carbons (Fsp3) is 0.417. The van der Waals surface area contributed by atoms with Gasteiger partial charge >= 0.3 is 0 Å². The number of benzene rings is 1. The lowest BCUT2D eigenvalue weighted by Crippen LogP contribution is -2.26. The number of hydrogen-bond donors (Lipinski definition) is 3. The minimum absolute atomic E-state index is 0.0914. The average Bonchev–Trinajstić information content (AvgIpc) is 2.40. The molecule has 0 aliphatic carbocycles. The summed E-state index contributed by atoms with van der Waals surface area (Å²) in [6, 6.07) is 2.90. The van der Waals surface area contributed by atoms with Crippen LogP contribution in [-0.4, -0.2) is 39.9 Å². The molecule has 8 nitrogen and oxygen atoms in total. The number of fused-ring (bicyclic) bond motifs is 1. The van der Waals surface area contributed by atoms with Gasteiger partial charge < -0.3 is 20.5 Å². The summed E-state index contributed by atoms with van der Waals surface area (Å²) in [4.78, 5) is 11.3. The van der Waals surface area contributed by atoms with Gasteiger partial charge in [0.2, 0.25) is 10.0 Å². The summed E-state index contributed by atoms with van der Waals surface area (Å²) >= 11 is 0. The Kier molecular flexibility index (Phi) is 4.53. The fourth-order valence-corrected chi connectivity index (χ4v) is 2.71. The number of ether oxygens (including phenoxy) is 2. The number of carbonyl (C=O) groups is 1. The Balaban J connectivity index is 2.17. The van der Waals surface area contributed by atoms with Gasteiger partial charge in [-0.05, 0) is 13.0 Å². The van der Waals surface area contributed by atoms with Crippen LogP contribution in [0.2, 0.25) is 0 Å². The van der Waals surface area contributed by atoms with E-state index in [0.717, 1.165) is 0 Å². The first-order valence-electron chi connectivity index (χ1n) is 6.35. The van der Waals surface area contributed by atoms with E-state index in [1.54, 1.807) is 6.92 Å². The molecule has 2 rings (SSSR count). The van der Waals surface area contributed by atoms with Gasteiger partial charge in [0.05, 0.1) is 29.4 Å². The highest BCUT2D eigenvalue weighted by molar-refractivity contribution is 7.92. The van der Waals surface area contributed by atoms with Crippen LogP contribution in [0, 0.1) is 0 Å². The molecule has 0 saturated heterocycles. The number of rotatable bonds is 6. The summed E-state index contributed by atoms with van der Waals surface area (Å²) in [5.74, 6) is -0.0815. The van der Waals surface area contributed by atoms with Crippen LogP contribution in [0.3, 0.4) is 0 Å². The minimum atomic E-state index is -3.58. The molecule has 4 N–H and O–H groups in total. The van der Waals surface area contributed by atoms with E-state index >= 15 is 0 Å². The predicted molar refractivity (Wildman–Crippen MR) is 78.9 cm³/mol. The summed E-state index contributed by atoms with van der Waals surface area (Å²) in [5, 5.41) is 2.59. The monoisotopic (exact) mass is 315 g/mol. The molecule has 0 saturated carbocycles. The number of nitrogens with one attached hydrogen (secondary N) is 2. The molecule has 1 aliphatic rings. The molecule has 0 radical (unpaired) electrons. The van der Waals surface area contributed by atoms with Gasteiger partial charge in [-0.1, -0.05) is 0 Å². The lowest BCUT2D eigenvalue weighted by molar-refractivity contribution is -0.118. The quantitative estimate of drug-likeness (QED) is 0.515. The maximum Gasteiger partial charge on any atom is 0.262 e. The van der Waals surface area contributed by atoms with E-state index in [0.29, 0.717) is 18.0 Å². The molecule has 0 unspecified atom stereocenters. The molecule has 0 atom stereocenters. The number of hydrogen-bond acceptors (Lipinski definition) is 6.